The Balaban J connectivity index is 0.736. The zero-order valence-electron chi connectivity index (χ0n) is 36.0. The van der Waals surface area contributed by atoms with Crippen molar-refractivity contribution in [1.82, 2.24) is 24.9 Å². The summed E-state index contributed by atoms with van der Waals surface area (Å²) in [7, 11) is 1.83. The van der Waals surface area contributed by atoms with Crippen molar-refractivity contribution in [3.63, 3.8) is 0 Å². The van der Waals surface area contributed by atoms with E-state index in [2.05, 4.69) is 85.8 Å². The predicted octanol–water partition coefficient (Wildman–Crippen LogP) is 8.53. The molecule has 62 heavy (non-hydrogen) atoms. The standard InChI is InChI=1S/C51H60FN7O3/c1-55-47-31-44(46(52)30-45(47)50(54-55)59-24-21-48(61)53-51(59)62)35-19-22-56(23-20-35)32-38-9-5-6-10-39(38)33-57-25-27-58(28-26-57)40-14-11-36(12-15-40)49-42(34-7-3-2-4-8-34)17-13-37-29-41(60)16-18-43(37)49/h2-4,7-8,11-12,14-16,18,29-31,35,38-39,42,49,60H,5-6,9-10,13,17,19-28,32-33H2,1H3,(H,53,61,62)/t38-,39-,42+,49-/m0/s1. The SMILES string of the molecule is Cn1nc(N2CCC(=O)NC2=O)c2cc(F)c(C3CCN(C[C@@H]4CCCC[C@H]4CN4CCN(c5ccc([C@@H]6c7ccc(O)cc7CC[C@@H]6c6ccccc6)cc5)CC4)CC3)cc21. The minimum Gasteiger partial charge on any atom is -0.508 e. The van der Waals surface area contributed by atoms with Crippen molar-refractivity contribution in [2.75, 3.05) is 68.7 Å². The molecule has 4 fully saturated rings. The van der Waals surface area contributed by atoms with E-state index in [9.17, 15) is 14.7 Å². The average Bonchev–Trinajstić information content (AvgIpc) is 3.61. The van der Waals surface area contributed by atoms with Gasteiger partial charge in [-0.3, -0.25) is 24.6 Å². The number of anilines is 2. The maximum Gasteiger partial charge on any atom is 0.329 e. The van der Waals surface area contributed by atoms with Crippen molar-refractivity contribution >= 4 is 34.3 Å². The largest absolute Gasteiger partial charge is 0.508 e. The highest BCUT2D eigenvalue weighted by molar-refractivity contribution is 6.08. The van der Waals surface area contributed by atoms with Gasteiger partial charge < -0.3 is 14.9 Å². The number of carbonyl (C=O) groups is 2. The maximum absolute atomic E-state index is 15.9. The first-order valence-electron chi connectivity index (χ1n) is 23.2. The average molecular weight is 838 g/mol. The number of aromatic nitrogens is 2. The van der Waals surface area contributed by atoms with E-state index in [4.69, 9.17) is 0 Å². The number of piperidine rings is 1. The normalized spacial score (nSPS) is 24.4. The van der Waals surface area contributed by atoms with Gasteiger partial charge in [-0.1, -0.05) is 61.4 Å². The number of hydrogen-bond acceptors (Lipinski definition) is 7. The zero-order valence-corrected chi connectivity index (χ0v) is 36.0. The van der Waals surface area contributed by atoms with Crippen LogP contribution in [0.4, 0.5) is 20.7 Å². The number of rotatable bonds is 9. The first-order chi connectivity index (χ1) is 30.3. The number of urea groups is 1. The summed E-state index contributed by atoms with van der Waals surface area (Å²) in [4.78, 5) is 33.7. The Bertz CT molecular complexity index is 2400. The van der Waals surface area contributed by atoms with E-state index < -0.39 is 6.03 Å². The fraction of sp³-hybridized carbons (Fsp3) is 0.471. The Morgan fingerprint density at radius 3 is 2.15 bits per heavy atom. The molecule has 1 aromatic heterocycles. The molecule has 10 rings (SSSR count). The van der Waals surface area contributed by atoms with Crippen molar-refractivity contribution in [1.29, 1.82) is 0 Å². The van der Waals surface area contributed by atoms with Gasteiger partial charge in [-0.05, 0) is 140 Å². The van der Waals surface area contributed by atoms with Crippen LogP contribution in [0.25, 0.3) is 10.9 Å². The second-order valence-corrected chi connectivity index (χ2v) is 18.8. The molecular formula is C51H60FN7O3. The van der Waals surface area contributed by atoms with E-state index in [0.717, 1.165) is 82.6 Å². The van der Waals surface area contributed by atoms with Crippen LogP contribution < -0.4 is 15.1 Å². The molecular weight excluding hydrogens is 778 g/mol. The highest BCUT2D eigenvalue weighted by Gasteiger charge is 2.35. The van der Waals surface area contributed by atoms with Crippen LogP contribution in [0.3, 0.4) is 0 Å². The molecule has 5 aliphatic rings. The van der Waals surface area contributed by atoms with E-state index in [-0.39, 0.29) is 36.5 Å². The molecule has 3 aliphatic heterocycles. The van der Waals surface area contributed by atoms with Crippen LogP contribution in [0.15, 0.2) is 84.9 Å². The monoisotopic (exact) mass is 837 g/mol. The molecule has 3 amide bonds. The number of phenols is 1. The van der Waals surface area contributed by atoms with Crippen LogP contribution in [0.1, 0.15) is 96.9 Å². The molecule has 2 aliphatic carbocycles. The number of hydrogen-bond donors (Lipinski definition) is 2. The van der Waals surface area contributed by atoms with Gasteiger partial charge in [0.2, 0.25) is 5.91 Å². The summed E-state index contributed by atoms with van der Waals surface area (Å²) in [6.07, 6.45) is 9.34. The van der Waals surface area contributed by atoms with E-state index in [0.29, 0.717) is 34.7 Å². The number of piperazine rings is 1. The van der Waals surface area contributed by atoms with Crippen LogP contribution in [0, 0.1) is 17.7 Å². The number of nitrogens with one attached hydrogen (secondary N) is 1. The van der Waals surface area contributed by atoms with Gasteiger partial charge in [0.05, 0.1) is 5.52 Å². The van der Waals surface area contributed by atoms with Gasteiger partial charge in [0, 0.05) is 76.3 Å². The lowest BCUT2D eigenvalue weighted by atomic mass is 9.69. The summed E-state index contributed by atoms with van der Waals surface area (Å²) in [6.45, 7) is 8.76. The quantitative estimate of drug-likeness (QED) is 0.154. The van der Waals surface area contributed by atoms with Crippen LogP contribution >= 0.6 is 0 Å². The number of aryl methyl sites for hydroxylation is 2. The molecule has 10 nitrogen and oxygen atoms in total. The molecule has 0 bridgehead atoms. The summed E-state index contributed by atoms with van der Waals surface area (Å²) in [6, 6.07) is 29.3. The molecule has 0 radical (unpaired) electrons. The number of aromatic hydroxyl groups is 1. The molecule has 0 spiro atoms. The number of carbonyl (C=O) groups excluding carboxylic acids is 2. The fourth-order valence-corrected chi connectivity index (χ4v) is 11.8. The summed E-state index contributed by atoms with van der Waals surface area (Å²) in [5, 5.41) is 17.8. The highest BCUT2D eigenvalue weighted by atomic mass is 19.1. The zero-order chi connectivity index (χ0) is 42.3. The number of phenolic OH excluding ortho intramolecular Hbond substituents is 1. The Hall–Kier alpha value is -5.26. The predicted molar refractivity (Wildman–Crippen MR) is 243 cm³/mol. The first-order valence-corrected chi connectivity index (χ1v) is 23.2. The molecule has 1 saturated carbocycles. The number of likely N-dealkylation sites (tertiary alicyclic amines) is 1. The van der Waals surface area contributed by atoms with Gasteiger partial charge in [0.15, 0.2) is 5.82 Å². The molecule has 4 heterocycles. The molecule has 4 aromatic carbocycles. The summed E-state index contributed by atoms with van der Waals surface area (Å²) >= 11 is 0. The molecule has 4 atom stereocenters. The number of benzene rings is 4. The van der Waals surface area contributed by atoms with E-state index >= 15 is 4.39 Å². The lowest BCUT2D eigenvalue weighted by molar-refractivity contribution is -0.120. The fourth-order valence-electron chi connectivity index (χ4n) is 11.8. The maximum atomic E-state index is 15.9. The smallest absolute Gasteiger partial charge is 0.329 e. The number of imide groups is 1. The van der Waals surface area contributed by atoms with Gasteiger partial charge in [-0.15, -0.1) is 0 Å². The van der Waals surface area contributed by atoms with Gasteiger partial charge in [0.1, 0.15) is 11.6 Å². The summed E-state index contributed by atoms with van der Waals surface area (Å²) < 4.78 is 17.6. The minimum atomic E-state index is -0.512. The molecule has 2 N–H and O–H groups in total. The number of amides is 3. The van der Waals surface area contributed by atoms with Crippen LogP contribution in [0.5, 0.6) is 5.75 Å². The topological polar surface area (TPSA) is 97.2 Å². The summed E-state index contributed by atoms with van der Waals surface area (Å²) in [5.74, 6) is 2.41. The Kier molecular flexibility index (Phi) is 11.5. The Morgan fingerprint density at radius 1 is 0.726 bits per heavy atom. The van der Waals surface area contributed by atoms with Gasteiger partial charge >= 0.3 is 6.03 Å². The van der Waals surface area contributed by atoms with E-state index in [1.54, 1.807) is 4.68 Å². The molecule has 3 saturated heterocycles. The lowest BCUT2D eigenvalue weighted by Gasteiger charge is -2.42. The number of fused-ring (bicyclic) bond motifs is 2. The molecule has 324 valence electrons. The van der Waals surface area contributed by atoms with Gasteiger partial charge in [0.25, 0.3) is 0 Å². The third-order valence-electron chi connectivity index (χ3n) is 15.1. The van der Waals surface area contributed by atoms with Gasteiger partial charge in [-0.2, -0.15) is 5.10 Å². The lowest BCUT2D eigenvalue weighted by Crippen LogP contribution is -2.49. The highest BCUT2D eigenvalue weighted by Crippen LogP contribution is 2.47. The van der Waals surface area contributed by atoms with Crippen molar-refractivity contribution in [3.8, 4) is 5.75 Å². The molecule has 11 heteroatoms. The minimum absolute atomic E-state index is 0.144. The molecule has 5 aromatic rings. The third kappa shape index (κ3) is 8.21. The van der Waals surface area contributed by atoms with Crippen molar-refractivity contribution in [2.45, 2.75) is 75.5 Å². The Labute approximate surface area is 364 Å². The van der Waals surface area contributed by atoms with E-state index in [1.807, 2.05) is 25.2 Å². The van der Waals surface area contributed by atoms with Crippen LogP contribution in [-0.4, -0.2) is 95.5 Å². The second-order valence-electron chi connectivity index (χ2n) is 18.8. The Morgan fingerprint density at radius 2 is 1.44 bits per heavy atom. The number of nitrogens with zero attached hydrogens (tertiary/aromatic N) is 6. The van der Waals surface area contributed by atoms with Crippen LogP contribution in [-0.2, 0) is 18.3 Å². The summed E-state index contributed by atoms with van der Waals surface area (Å²) in [5.41, 5.74) is 8.19. The van der Waals surface area contributed by atoms with Crippen LogP contribution in [0.2, 0.25) is 0 Å². The third-order valence-corrected chi connectivity index (χ3v) is 15.1. The molecule has 0 unspecified atom stereocenters. The van der Waals surface area contributed by atoms with Gasteiger partial charge in [-0.25, -0.2) is 9.18 Å². The number of halogens is 1. The second kappa shape index (κ2) is 17.5. The van der Waals surface area contributed by atoms with Crippen molar-refractivity contribution in [3.05, 3.63) is 119 Å². The van der Waals surface area contributed by atoms with Crippen molar-refractivity contribution < 1.29 is 19.1 Å². The van der Waals surface area contributed by atoms with E-state index in [1.165, 1.54) is 71.1 Å². The first kappa shape index (κ1) is 40.8. The van der Waals surface area contributed by atoms with Crippen molar-refractivity contribution in [2.24, 2.45) is 18.9 Å².